The zero-order valence-corrected chi connectivity index (χ0v) is 20.3. The number of hydrogen-bond donors (Lipinski definition) is 2. The van der Waals surface area contributed by atoms with Gasteiger partial charge in [-0.3, -0.25) is 9.59 Å². The Hall–Kier alpha value is -3.87. The van der Waals surface area contributed by atoms with Crippen LogP contribution in [-0.4, -0.2) is 63.6 Å². The molecule has 2 amide bonds. The molecule has 5 rings (SSSR count). The van der Waals surface area contributed by atoms with E-state index in [9.17, 15) is 27.2 Å². The van der Waals surface area contributed by atoms with Crippen LogP contribution in [0.2, 0.25) is 0 Å². The van der Waals surface area contributed by atoms with Gasteiger partial charge in [-0.25, -0.2) is 9.49 Å². The van der Waals surface area contributed by atoms with Gasteiger partial charge in [-0.2, -0.15) is 13.2 Å². The number of halogens is 4. The maximum absolute atomic E-state index is 14.7. The highest BCUT2D eigenvalue weighted by Crippen LogP contribution is 2.50. The third-order valence-corrected chi connectivity index (χ3v) is 7.10. The molecule has 2 heterocycles. The van der Waals surface area contributed by atoms with Crippen LogP contribution in [0.3, 0.4) is 0 Å². The second kappa shape index (κ2) is 9.78. The zero-order chi connectivity index (χ0) is 27.1. The molecule has 2 N–H and O–H groups in total. The van der Waals surface area contributed by atoms with E-state index < -0.39 is 28.9 Å². The van der Waals surface area contributed by atoms with Gasteiger partial charge in [0, 0.05) is 37.0 Å². The summed E-state index contributed by atoms with van der Waals surface area (Å²) in [6, 6.07) is 6.82. The highest BCUT2D eigenvalue weighted by Gasteiger charge is 2.53. The highest BCUT2D eigenvalue weighted by atomic mass is 19.4. The average Bonchev–Trinajstić information content (AvgIpc) is 3.52. The molecule has 1 saturated heterocycles. The summed E-state index contributed by atoms with van der Waals surface area (Å²) in [4.78, 5) is 28.3. The number of carbonyl (C=O) groups is 2. The Morgan fingerprint density at radius 1 is 1.18 bits per heavy atom. The summed E-state index contributed by atoms with van der Waals surface area (Å²) in [5, 5.41) is 16.4. The first kappa shape index (κ1) is 25.8. The predicted octanol–water partition coefficient (Wildman–Crippen LogP) is 3.95. The molecule has 9 nitrogen and oxygen atoms in total. The van der Waals surface area contributed by atoms with Crippen LogP contribution in [0.1, 0.15) is 47.2 Å². The van der Waals surface area contributed by atoms with E-state index >= 15 is 0 Å². The van der Waals surface area contributed by atoms with Gasteiger partial charge in [-0.05, 0) is 66.4 Å². The fourth-order valence-corrected chi connectivity index (χ4v) is 4.84. The minimum absolute atomic E-state index is 0.0676. The molecule has 38 heavy (non-hydrogen) atoms. The van der Waals surface area contributed by atoms with Crippen molar-refractivity contribution >= 4 is 17.5 Å². The second-order valence-electron chi connectivity index (χ2n) is 9.49. The molecule has 13 heteroatoms. The van der Waals surface area contributed by atoms with Crippen LogP contribution < -0.4 is 5.32 Å². The smallest absolute Gasteiger partial charge is 0.380 e. The number of alkyl halides is 3. The third kappa shape index (κ3) is 4.85. The summed E-state index contributed by atoms with van der Waals surface area (Å²) in [6.07, 6.45) is -2.55. The van der Waals surface area contributed by atoms with Crippen molar-refractivity contribution in [3.63, 3.8) is 0 Å². The highest BCUT2D eigenvalue weighted by molar-refractivity contribution is 6.04. The fourth-order valence-electron chi connectivity index (χ4n) is 4.84. The van der Waals surface area contributed by atoms with Crippen LogP contribution in [0.5, 0.6) is 0 Å². The Balaban J connectivity index is 1.41. The summed E-state index contributed by atoms with van der Waals surface area (Å²) in [5.41, 5.74) is -1.53. The number of carbonyl (C=O) groups excluding carboxylic acids is 2. The Kier molecular flexibility index (Phi) is 6.63. The quantitative estimate of drug-likeness (QED) is 0.465. The van der Waals surface area contributed by atoms with Crippen molar-refractivity contribution in [1.29, 1.82) is 0 Å². The fraction of sp³-hybridized carbons (Fsp3) is 0.400. The molecule has 0 bridgehead atoms. The molecule has 2 fully saturated rings. The van der Waals surface area contributed by atoms with Crippen molar-refractivity contribution in [2.45, 2.75) is 43.4 Å². The number of nitrogens with zero attached hydrogens (tertiary/aromatic N) is 4. The summed E-state index contributed by atoms with van der Waals surface area (Å²) in [7, 11) is 1.60. The van der Waals surface area contributed by atoms with Gasteiger partial charge in [0.15, 0.2) is 5.82 Å². The summed E-state index contributed by atoms with van der Waals surface area (Å²) < 4.78 is 59.0. The number of likely N-dealkylation sites (tertiary alicyclic amines) is 1. The van der Waals surface area contributed by atoms with Gasteiger partial charge in [0.05, 0.1) is 22.6 Å². The standard InChI is InChI=1S/C25H24F4N6O3/c1-38-16-3-2-10-35(13-16)22(36)17-6-5-15(12-18(17)21-31-33-34-32-21)30-23(37)24(8-9-24)19-7-4-14(11-20(19)26)25(27,28)29/h4-7,11-12,16H,2-3,8-10,13H2,1H3,(H,30,37)(H,31,32,33,34). The normalized spacial score (nSPS) is 18.8. The first-order chi connectivity index (χ1) is 18.1. The van der Waals surface area contributed by atoms with Gasteiger partial charge in [0.25, 0.3) is 5.91 Å². The molecule has 2 aliphatic rings. The van der Waals surface area contributed by atoms with E-state index in [1.54, 1.807) is 18.1 Å². The van der Waals surface area contributed by atoms with Gasteiger partial charge in [0.1, 0.15) is 5.82 Å². The molecule has 1 aliphatic heterocycles. The SMILES string of the molecule is COC1CCCN(C(=O)c2ccc(NC(=O)C3(c4ccc(C(F)(F)F)cc4F)CC3)cc2-c2nnn[nH]2)C1. The molecular weight excluding hydrogens is 508 g/mol. The number of rotatable bonds is 6. The van der Waals surface area contributed by atoms with Gasteiger partial charge >= 0.3 is 6.18 Å². The van der Waals surface area contributed by atoms with Crippen LogP contribution in [0.25, 0.3) is 11.4 Å². The zero-order valence-electron chi connectivity index (χ0n) is 20.3. The Bertz CT molecular complexity index is 1360. The van der Waals surface area contributed by atoms with Crippen LogP contribution >= 0.6 is 0 Å². The van der Waals surface area contributed by atoms with Crippen molar-refractivity contribution in [1.82, 2.24) is 25.5 Å². The lowest BCUT2D eigenvalue weighted by Crippen LogP contribution is -2.43. The number of hydrogen-bond acceptors (Lipinski definition) is 6. The third-order valence-electron chi connectivity index (χ3n) is 7.10. The molecule has 1 aromatic heterocycles. The van der Waals surface area contributed by atoms with Crippen molar-refractivity contribution in [2.75, 3.05) is 25.5 Å². The maximum Gasteiger partial charge on any atom is 0.416 e. The topological polar surface area (TPSA) is 113 Å². The molecule has 0 radical (unpaired) electrons. The number of anilines is 1. The summed E-state index contributed by atoms with van der Waals surface area (Å²) in [6.45, 7) is 0.996. The summed E-state index contributed by atoms with van der Waals surface area (Å²) in [5.74, 6) is -1.69. The van der Waals surface area contributed by atoms with Crippen molar-refractivity contribution in [2.24, 2.45) is 0 Å². The number of H-pyrrole nitrogens is 1. The largest absolute Gasteiger partial charge is 0.416 e. The lowest BCUT2D eigenvalue weighted by Gasteiger charge is -2.32. The van der Waals surface area contributed by atoms with Crippen LogP contribution in [0.15, 0.2) is 36.4 Å². The number of methoxy groups -OCH3 is 1. The van der Waals surface area contributed by atoms with Crippen molar-refractivity contribution in [3.8, 4) is 11.4 Å². The molecule has 1 atom stereocenters. The first-order valence-corrected chi connectivity index (χ1v) is 12.0. The van der Waals surface area contributed by atoms with E-state index in [1.165, 1.54) is 12.1 Å². The Morgan fingerprint density at radius 2 is 1.97 bits per heavy atom. The van der Waals surface area contributed by atoms with Gasteiger partial charge in [-0.1, -0.05) is 6.07 Å². The molecule has 3 aromatic rings. The van der Waals surface area contributed by atoms with Gasteiger partial charge in [-0.15, -0.1) is 5.10 Å². The minimum Gasteiger partial charge on any atom is -0.380 e. The average molecular weight is 532 g/mol. The monoisotopic (exact) mass is 532 g/mol. The molecule has 1 unspecified atom stereocenters. The molecule has 1 saturated carbocycles. The number of aromatic amines is 1. The molecular formula is C25H24F4N6O3. The number of nitrogens with one attached hydrogen (secondary N) is 2. The summed E-state index contributed by atoms with van der Waals surface area (Å²) >= 11 is 0. The van der Waals surface area contributed by atoms with E-state index in [-0.39, 0.29) is 36.2 Å². The Labute approximate surface area is 214 Å². The minimum atomic E-state index is -4.69. The molecule has 0 spiro atoms. The number of tetrazole rings is 1. The van der Waals surface area contributed by atoms with E-state index in [4.69, 9.17) is 4.74 Å². The predicted molar refractivity (Wildman–Crippen MR) is 126 cm³/mol. The van der Waals surface area contributed by atoms with E-state index in [0.717, 1.165) is 25.0 Å². The number of aromatic nitrogens is 4. The Morgan fingerprint density at radius 3 is 2.61 bits per heavy atom. The number of benzene rings is 2. The van der Waals surface area contributed by atoms with Gasteiger partial charge in [0.2, 0.25) is 5.91 Å². The first-order valence-electron chi connectivity index (χ1n) is 12.0. The molecule has 200 valence electrons. The second-order valence-corrected chi connectivity index (χ2v) is 9.49. The van der Waals surface area contributed by atoms with Crippen LogP contribution in [-0.2, 0) is 21.1 Å². The van der Waals surface area contributed by atoms with E-state index in [2.05, 4.69) is 25.9 Å². The molecule has 2 aromatic carbocycles. The van der Waals surface area contributed by atoms with Crippen molar-refractivity contribution in [3.05, 3.63) is 58.9 Å². The maximum atomic E-state index is 14.7. The van der Waals surface area contributed by atoms with Crippen molar-refractivity contribution < 1.29 is 31.9 Å². The van der Waals surface area contributed by atoms with Crippen LogP contribution in [0, 0.1) is 5.82 Å². The van der Waals surface area contributed by atoms with Crippen LogP contribution in [0.4, 0.5) is 23.2 Å². The van der Waals surface area contributed by atoms with Gasteiger partial charge < -0.3 is 15.0 Å². The number of amides is 2. The number of ether oxygens (including phenoxy) is 1. The lowest BCUT2D eigenvalue weighted by atomic mass is 9.93. The van der Waals surface area contributed by atoms with E-state index in [1.807, 2.05) is 0 Å². The lowest BCUT2D eigenvalue weighted by molar-refractivity contribution is -0.137. The number of piperidine rings is 1. The van der Waals surface area contributed by atoms with E-state index in [0.29, 0.717) is 36.0 Å². The molecule has 1 aliphatic carbocycles.